The lowest BCUT2D eigenvalue weighted by atomic mass is 10.2. The van der Waals surface area contributed by atoms with E-state index in [1.165, 1.54) is 10.1 Å². The van der Waals surface area contributed by atoms with Gasteiger partial charge in [-0.3, -0.25) is 0 Å². The number of aryl methyl sites for hydroxylation is 1. The Morgan fingerprint density at radius 2 is 1.78 bits per heavy atom. The van der Waals surface area contributed by atoms with Gasteiger partial charge in [0.25, 0.3) is 0 Å². The minimum Gasteiger partial charge on any atom is -0.340 e. The molecule has 5 aromatic rings. The minimum absolute atomic E-state index is 0.622. The van der Waals surface area contributed by atoms with Crippen molar-refractivity contribution in [2.24, 2.45) is 0 Å². The molecule has 0 radical (unpaired) electrons. The van der Waals surface area contributed by atoms with Crippen LogP contribution in [0.2, 0.25) is 0 Å². The van der Waals surface area contributed by atoms with Crippen LogP contribution in [0.3, 0.4) is 0 Å². The second-order valence-corrected chi connectivity index (χ2v) is 7.32. The van der Waals surface area contributed by atoms with Gasteiger partial charge in [-0.05, 0) is 60.2 Å². The van der Waals surface area contributed by atoms with Gasteiger partial charge in [-0.15, -0.1) is 11.3 Å². The van der Waals surface area contributed by atoms with Crippen LogP contribution in [0.1, 0.15) is 5.69 Å². The summed E-state index contributed by atoms with van der Waals surface area (Å²) in [5.41, 5.74) is 3.63. The molecule has 3 heterocycles. The number of nitrogens with one attached hydrogen (secondary N) is 1. The number of hydrogen-bond donors (Lipinski definition) is 1. The number of thiophene rings is 1. The first-order valence-corrected chi connectivity index (χ1v) is 9.59. The summed E-state index contributed by atoms with van der Waals surface area (Å²) in [7, 11) is 0. The molecule has 0 spiro atoms. The molecule has 130 valence electrons. The lowest BCUT2D eigenvalue weighted by molar-refractivity contribution is 1.14. The summed E-state index contributed by atoms with van der Waals surface area (Å²) in [5, 5.41) is 7.83. The Hall–Kier alpha value is -3.31. The maximum Gasteiger partial charge on any atom is 0.180 e. The van der Waals surface area contributed by atoms with E-state index in [1.54, 1.807) is 11.3 Å². The van der Waals surface area contributed by atoms with Crippen molar-refractivity contribution in [3.05, 3.63) is 77.8 Å². The first-order chi connectivity index (χ1) is 13.3. The predicted molar refractivity (Wildman–Crippen MR) is 113 cm³/mol. The van der Waals surface area contributed by atoms with E-state index in [1.807, 2.05) is 49.4 Å². The number of anilines is 2. The van der Waals surface area contributed by atoms with Gasteiger partial charge in [0, 0.05) is 21.5 Å². The van der Waals surface area contributed by atoms with Crippen molar-refractivity contribution in [2.75, 3.05) is 5.32 Å². The number of rotatable bonds is 3. The Labute approximate surface area is 160 Å². The molecule has 0 saturated heterocycles. The maximum absolute atomic E-state index is 4.79. The van der Waals surface area contributed by atoms with Crippen molar-refractivity contribution in [1.82, 2.24) is 15.0 Å². The smallest absolute Gasteiger partial charge is 0.180 e. The van der Waals surface area contributed by atoms with Gasteiger partial charge >= 0.3 is 0 Å². The molecular weight excluding hydrogens is 352 g/mol. The Morgan fingerprint density at radius 3 is 2.70 bits per heavy atom. The zero-order valence-electron chi connectivity index (χ0n) is 14.7. The standard InChI is InChI=1S/C22H16N4S/c1-14-5-4-8-19(23-14)22-25-18-7-3-2-6-17(18)21(26-22)24-16-10-9-15-11-12-27-20(15)13-16/h2-13H,1H3,(H,24,25,26). The Kier molecular flexibility index (Phi) is 3.80. The van der Waals surface area contributed by atoms with E-state index >= 15 is 0 Å². The van der Waals surface area contributed by atoms with E-state index in [0.29, 0.717) is 5.82 Å². The Balaban J connectivity index is 1.65. The molecule has 4 nitrogen and oxygen atoms in total. The molecule has 3 aromatic heterocycles. The number of benzene rings is 2. The summed E-state index contributed by atoms with van der Waals surface area (Å²) in [6, 6.07) is 22.4. The van der Waals surface area contributed by atoms with Crippen molar-refractivity contribution in [1.29, 1.82) is 0 Å². The van der Waals surface area contributed by atoms with Gasteiger partial charge in [0.2, 0.25) is 0 Å². The van der Waals surface area contributed by atoms with Gasteiger partial charge in [-0.1, -0.05) is 24.3 Å². The van der Waals surface area contributed by atoms with Crippen LogP contribution in [0.15, 0.2) is 72.1 Å². The molecule has 0 aliphatic carbocycles. The van der Waals surface area contributed by atoms with E-state index in [2.05, 4.69) is 39.9 Å². The average Bonchev–Trinajstić information content (AvgIpc) is 3.16. The molecule has 0 fully saturated rings. The molecule has 0 bridgehead atoms. The number of fused-ring (bicyclic) bond motifs is 2. The summed E-state index contributed by atoms with van der Waals surface area (Å²) in [6.45, 7) is 1.97. The monoisotopic (exact) mass is 368 g/mol. The molecule has 0 unspecified atom stereocenters. The van der Waals surface area contributed by atoms with Crippen molar-refractivity contribution in [3.8, 4) is 11.5 Å². The summed E-state index contributed by atoms with van der Waals surface area (Å²) in [4.78, 5) is 14.1. The highest BCUT2D eigenvalue weighted by Crippen LogP contribution is 2.29. The quantitative estimate of drug-likeness (QED) is 0.427. The SMILES string of the molecule is Cc1cccc(-c2nc(Nc3ccc4ccsc4c3)c3ccccc3n2)n1. The minimum atomic E-state index is 0.622. The number of nitrogens with zero attached hydrogens (tertiary/aromatic N) is 3. The normalized spacial score (nSPS) is 11.1. The Bertz CT molecular complexity index is 1280. The molecule has 5 heteroatoms. The Morgan fingerprint density at radius 1 is 0.852 bits per heavy atom. The van der Waals surface area contributed by atoms with Gasteiger partial charge in [0.05, 0.1) is 5.52 Å². The highest BCUT2D eigenvalue weighted by Gasteiger charge is 2.11. The zero-order valence-corrected chi connectivity index (χ0v) is 15.5. The molecular formula is C22H16N4S. The number of pyridine rings is 1. The van der Waals surface area contributed by atoms with Crippen LogP contribution in [-0.4, -0.2) is 15.0 Å². The maximum atomic E-state index is 4.79. The third-order valence-electron chi connectivity index (χ3n) is 4.44. The summed E-state index contributed by atoms with van der Waals surface area (Å²) in [5.74, 6) is 1.41. The molecule has 0 amide bonds. The first-order valence-electron chi connectivity index (χ1n) is 8.71. The molecule has 1 N–H and O–H groups in total. The van der Waals surface area contributed by atoms with Gasteiger partial charge in [-0.25, -0.2) is 15.0 Å². The molecule has 0 aliphatic rings. The molecule has 27 heavy (non-hydrogen) atoms. The van der Waals surface area contributed by atoms with E-state index in [0.717, 1.165) is 33.8 Å². The van der Waals surface area contributed by atoms with Gasteiger partial charge < -0.3 is 5.32 Å². The lowest BCUT2D eigenvalue weighted by Crippen LogP contribution is -2.00. The fraction of sp³-hybridized carbons (Fsp3) is 0.0455. The van der Waals surface area contributed by atoms with Gasteiger partial charge in [-0.2, -0.15) is 0 Å². The largest absolute Gasteiger partial charge is 0.340 e. The van der Waals surface area contributed by atoms with E-state index in [-0.39, 0.29) is 0 Å². The van der Waals surface area contributed by atoms with Crippen LogP contribution in [-0.2, 0) is 0 Å². The molecule has 2 aromatic carbocycles. The van der Waals surface area contributed by atoms with Crippen LogP contribution >= 0.6 is 11.3 Å². The van der Waals surface area contributed by atoms with Crippen LogP contribution in [0, 0.1) is 6.92 Å². The third kappa shape index (κ3) is 3.02. The highest BCUT2D eigenvalue weighted by atomic mass is 32.1. The summed E-state index contributed by atoms with van der Waals surface area (Å²) < 4.78 is 1.25. The fourth-order valence-electron chi connectivity index (χ4n) is 3.12. The van der Waals surface area contributed by atoms with E-state index in [9.17, 15) is 0 Å². The van der Waals surface area contributed by atoms with Gasteiger partial charge in [0.1, 0.15) is 11.5 Å². The fourth-order valence-corrected chi connectivity index (χ4v) is 3.95. The topological polar surface area (TPSA) is 50.7 Å². The highest BCUT2D eigenvalue weighted by molar-refractivity contribution is 7.17. The van der Waals surface area contributed by atoms with Crippen LogP contribution in [0.5, 0.6) is 0 Å². The van der Waals surface area contributed by atoms with Crippen LogP contribution < -0.4 is 5.32 Å². The second kappa shape index (κ2) is 6.45. The summed E-state index contributed by atoms with van der Waals surface area (Å²) >= 11 is 1.73. The van der Waals surface area contributed by atoms with E-state index < -0.39 is 0 Å². The second-order valence-electron chi connectivity index (χ2n) is 6.38. The summed E-state index contributed by atoms with van der Waals surface area (Å²) in [6.07, 6.45) is 0. The number of aromatic nitrogens is 3. The van der Waals surface area contributed by atoms with Crippen molar-refractivity contribution >= 4 is 43.8 Å². The van der Waals surface area contributed by atoms with E-state index in [4.69, 9.17) is 9.97 Å². The lowest BCUT2D eigenvalue weighted by Gasteiger charge is -2.11. The van der Waals surface area contributed by atoms with Crippen LogP contribution in [0.4, 0.5) is 11.5 Å². The molecule has 5 rings (SSSR count). The number of hydrogen-bond acceptors (Lipinski definition) is 5. The van der Waals surface area contributed by atoms with Crippen molar-refractivity contribution in [3.63, 3.8) is 0 Å². The molecule has 0 saturated carbocycles. The average molecular weight is 368 g/mol. The predicted octanol–water partition coefficient (Wildman–Crippen LogP) is 5.96. The first kappa shape index (κ1) is 15.9. The third-order valence-corrected chi connectivity index (χ3v) is 5.32. The van der Waals surface area contributed by atoms with Crippen LogP contribution in [0.25, 0.3) is 32.5 Å². The number of para-hydroxylation sites is 1. The zero-order chi connectivity index (χ0) is 18.2. The molecule has 0 atom stereocenters. The van der Waals surface area contributed by atoms with Crippen molar-refractivity contribution in [2.45, 2.75) is 6.92 Å². The van der Waals surface area contributed by atoms with Crippen molar-refractivity contribution < 1.29 is 0 Å². The van der Waals surface area contributed by atoms with Gasteiger partial charge in [0.15, 0.2) is 5.82 Å². The molecule has 0 aliphatic heterocycles.